The van der Waals surface area contributed by atoms with Crippen LogP contribution >= 0.6 is 23.5 Å². The van der Waals surface area contributed by atoms with Crippen molar-refractivity contribution < 1.29 is 13.2 Å². The van der Waals surface area contributed by atoms with Gasteiger partial charge in [0.25, 0.3) is 0 Å². The second-order valence-electron chi connectivity index (χ2n) is 10.9. The van der Waals surface area contributed by atoms with E-state index in [9.17, 15) is 13.2 Å². The summed E-state index contributed by atoms with van der Waals surface area (Å²) in [6.45, 7) is 3.36. The zero-order chi connectivity index (χ0) is 29.2. The summed E-state index contributed by atoms with van der Waals surface area (Å²) in [6, 6.07) is 12.0. The molecule has 0 saturated carbocycles. The molecule has 0 atom stereocenters. The number of nitrogens with zero attached hydrogens (tertiary/aromatic N) is 5. The van der Waals surface area contributed by atoms with E-state index in [0.29, 0.717) is 18.9 Å². The van der Waals surface area contributed by atoms with E-state index in [0.717, 1.165) is 56.2 Å². The Balaban J connectivity index is 1.34. The smallest absolute Gasteiger partial charge is 0.371 e. The van der Waals surface area contributed by atoms with Gasteiger partial charge in [0.1, 0.15) is 5.02 Å². The van der Waals surface area contributed by atoms with Crippen LogP contribution in [0.1, 0.15) is 31.2 Å². The first-order valence-corrected chi connectivity index (χ1v) is 15.2. The van der Waals surface area contributed by atoms with Gasteiger partial charge in [-0.25, -0.2) is 4.98 Å². The van der Waals surface area contributed by atoms with Crippen molar-refractivity contribution in [2.45, 2.75) is 31.9 Å². The van der Waals surface area contributed by atoms with Gasteiger partial charge in [-0.1, -0.05) is 35.7 Å². The third-order valence-electron chi connectivity index (χ3n) is 8.28. The van der Waals surface area contributed by atoms with Crippen molar-refractivity contribution in [1.82, 2.24) is 14.9 Å². The monoisotopic (exact) mass is 605 g/mol. The molecule has 12 heteroatoms. The number of rotatable bonds is 7. The van der Waals surface area contributed by atoms with E-state index in [4.69, 9.17) is 11.6 Å². The SMILES string of the molecule is CSN(C)c1ccccc1Nc1nc(Nc2ccc(N3CCC4(CCN(C)CC4)CC3)c(C(F)(F)F)c2)ncc1Cl. The van der Waals surface area contributed by atoms with Crippen LogP contribution in [0.3, 0.4) is 0 Å². The Morgan fingerprint density at radius 1 is 1.00 bits per heavy atom. The Kier molecular flexibility index (Phi) is 8.77. The Morgan fingerprint density at radius 2 is 1.68 bits per heavy atom. The molecule has 0 amide bonds. The highest BCUT2D eigenvalue weighted by atomic mass is 35.5. The third-order valence-corrected chi connectivity index (χ3v) is 9.31. The van der Waals surface area contributed by atoms with E-state index in [1.807, 2.05) is 46.8 Å². The lowest BCUT2D eigenvalue weighted by molar-refractivity contribution is -0.137. The maximum atomic E-state index is 14.3. The van der Waals surface area contributed by atoms with Gasteiger partial charge in [-0.2, -0.15) is 18.2 Å². The van der Waals surface area contributed by atoms with E-state index in [2.05, 4.69) is 32.5 Å². The Morgan fingerprint density at radius 3 is 2.37 bits per heavy atom. The van der Waals surface area contributed by atoms with Crippen molar-refractivity contribution >= 4 is 58.1 Å². The molecular formula is C29H35ClF3N7S. The maximum absolute atomic E-state index is 14.3. The second kappa shape index (κ2) is 12.1. The largest absolute Gasteiger partial charge is 0.418 e. The summed E-state index contributed by atoms with van der Waals surface area (Å²) in [5.41, 5.74) is 1.77. The van der Waals surface area contributed by atoms with Gasteiger partial charge in [0.15, 0.2) is 5.82 Å². The number of likely N-dealkylation sites (tertiary alicyclic amines) is 1. The van der Waals surface area contributed by atoms with Crippen LogP contribution < -0.4 is 19.8 Å². The summed E-state index contributed by atoms with van der Waals surface area (Å²) in [7, 11) is 4.07. The molecule has 5 rings (SSSR count). The summed E-state index contributed by atoms with van der Waals surface area (Å²) >= 11 is 7.93. The van der Waals surface area contributed by atoms with Crippen LogP contribution in [0.2, 0.25) is 5.02 Å². The lowest BCUT2D eigenvalue weighted by Crippen LogP contribution is -2.46. The number of aromatic nitrogens is 2. The van der Waals surface area contributed by atoms with E-state index in [-0.39, 0.29) is 27.8 Å². The topological polar surface area (TPSA) is 59.6 Å². The van der Waals surface area contributed by atoms with Gasteiger partial charge >= 0.3 is 6.18 Å². The molecule has 41 heavy (non-hydrogen) atoms. The maximum Gasteiger partial charge on any atom is 0.418 e. The highest BCUT2D eigenvalue weighted by molar-refractivity contribution is 7.99. The molecule has 2 aliphatic heterocycles. The minimum absolute atomic E-state index is 0.135. The standard InChI is InChI=1S/C29H35ClF3N7S/c1-38-14-10-28(11-15-38)12-16-40(17-13-28)24-9-8-20(18-21(24)29(31,32)33)35-27-34-19-22(30)26(37-27)36-23-6-4-5-7-25(23)39(2)41-3/h4-9,18-19H,10-17H2,1-3H3,(H2,34,35,36,37). The zero-order valence-corrected chi connectivity index (χ0v) is 25.0. The predicted octanol–water partition coefficient (Wildman–Crippen LogP) is 7.66. The van der Waals surface area contributed by atoms with Gasteiger partial charge in [-0.05, 0) is 81.6 Å². The number of nitrogens with one attached hydrogen (secondary N) is 2. The Labute approximate surface area is 248 Å². The van der Waals surface area contributed by atoms with Crippen molar-refractivity contribution in [3.63, 3.8) is 0 Å². The number of alkyl halides is 3. The van der Waals surface area contributed by atoms with Gasteiger partial charge in [-0.15, -0.1) is 0 Å². The minimum atomic E-state index is -4.50. The molecule has 3 aromatic rings. The van der Waals surface area contributed by atoms with Crippen molar-refractivity contribution in [1.29, 1.82) is 0 Å². The van der Waals surface area contributed by atoms with E-state index in [1.54, 1.807) is 24.1 Å². The minimum Gasteiger partial charge on any atom is -0.371 e. The predicted molar refractivity (Wildman–Crippen MR) is 164 cm³/mol. The molecule has 2 aliphatic rings. The lowest BCUT2D eigenvalue weighted by Gasteiger charge is -2.47. The summed E-state index contributed by atoms with van der Waals surface area (Å²) < 4.78 is 44.8. The van der Waals surface area contributed by atoms with Gasteiger partial charge in [0.05, 0.1) is 23.1 Å². The van der Waals surface area contributed by atoms with E-state index >= 15 is 0 Å². The van der Waals surface area contributed by atoms with Crippen LogP contribution in [0.4, 0.5) is 47.7 Å². The molecule has 1 spiro atoms. The average Bonchev–Trinajstić information content (AvgIpc) is 2.96. The summed E-state index contributed by atoms with van der Waals surface area (Å²) in [6.07, 6.45) is 2.95. The fourth-order valence-corrected chi connectivity index (χ4v) is 6.15. The van der Waals surface area contributed by atoms with Crippen molar-refractivity contribution in [2.75, 3.05) is 66.4 Å². The number of para-hydroxylation sites is 2. The number of hydrogen-bond donors (Lipinski definition) is 2. The van der Waals surface area contributed by atoms with Crippen molar-refractivity contribution in [2.24, 2.45) is 5.41 Å². The quantitative estimate of drug-likeness (QED) is 0.266. The number of hydrogen-bond acceptors (Lipinski definition) is 8. The lowest BCUT2D eigenvalue weighted by atomic mass is 9.71. The average molecular weight is 606 g/mol. The first kappa shape index (κ1) is 29.6. The van der Waals surface area contributed by atoms with Crippen molar-refractivity contribution in [3.05, 3.63) is 59.2 Å². The molecule has 2 saturated heterocycles. The van der Waals surface area contributed by atoms with E-state index in [1.165, 1.54) is 6.20 Å². The molecule has 0 bridgehead atoms. The second-order valence-corrected chi connectivity index (χ2v) is 12.2. The van der Waals surface area contributed by atoms with Crippen LogP contribution in [0, 0.1) is 5.41 Å². The van der Waals surface area contributed by atoms with E-state index < -0.39 is 11.7 Å². The number of benzene rings is 2. The molecule has 1 aromatic heterocycles. The molecule has 0 radical (unpaired) electrons. The Hall–Kier alpha value is -2.89. The Bertz CT molecular complexity index is 1350. The van der Waals surface area contributed by atoms with Gasteiger partial charge in [0, 0.05) is 37.8 Å². The normalized spacial score (nSPS) is 17.5. The molecule has 7 nitrogen and oxygen atoms in total. The molecule has 0 unspecified atom stereocenters. The first-order valence-electron chi connectivity index (χ1n) is 13.7. The summed E-state index contributed by atoms with van der Waals surface area (Å²) in [5.74, 6) is 0.477. The molecule has 2 fully saturated rings. The van der Waals surface area contributed by atoms with Crippen LogP contribution in [-0.2, 0) is 6.18 Å². The van der Waals surface area contributed by atoms with Gasteiger partial charge < -0.3 is 24.7 Å². The molecule has 3 heterocycles. The highest BCUT2D eigenvalue weighted by Gasteiger charge is 2.40. The molecular weight excluding hydrogens is 571 g/mol. The fourth-order valence-electron chi connectivity index (χ4n) is 5.66. The molecule has 0 aliphatic carbocycles. The molecule has 2 aromatic carbocycles. The first-order chi connectivity index (χ1) is 19.6. The van der Waals surface area contributed by atoms with Gasteiger partial charge in [0.2, 0.25) is 5.95 Å². The number of halogens is 4. The third kappa shape index (κ3) is 6.79. The molecule has 2 N–H and O–H groups in total. The summed E-state index contributed by atoms with van der Waals surface area (Å²) in [5, 5.41) is 6.46. The highest BCUT2D eigenvalue weighted by Crippen LogP contribution is 2.45. The van der Waals surface area contributed by atoms with Crippen LogP contribution in [0.5, 0.6) is 0 Å². The number of anilines is 6. The van der Waals surface area contributed by atoms with Crippen LogP contribution in [0.15, 0.2) is 48.7 Å². The van der Waals surface area contributed by atoms with Crippen molar-refractivity contribution in [3.8, 4) is 0 Å². The number of piperidine rings is 2. The molecule has 220 valence electrons. The van der Waals surface area contributed by atoms with Gasteiger partial charge in [-0.3, -0.25) is 0 Å². The van der Waals surface area contributed by atoms with Crippen LogP contribution in [0.25, 0.3) is 0 Å². The fraction of sp³-hybridized carbons (Fsp3) is 0.448. The van der Waals surface area contributed by atoms with Crippen LogP contribution in [-0.4, -0.2) is 61.4 Å². The zero-order valence-electron chi connectivity index (χ0n) is 23.4. The summed E-state index contributed by atoms with van der Waals surface area (Å²) in [4.78, 5) is 12.9.